The van der Waals surface area contributed by atoms with Crippen LogP contribution in [0.25, 0.3) is 0 Å². The summed E-state index contributed by atoms with van der Waals surface area (Å²) < 4.78 is 48.8. The normalized spacial score (nSPS) is 17.4. The maximum absolute atomic E-state index is 12.0. The van der Waals surface area contributed by atoms with E-state index in [4.69, 9.17) is 0 Å². The van der Waals surface area contributed by atoms with Gasteiger partial charge in [0.25, 0.3) is 0 Å². The smallest absolute Gasteiger partial charge is 0.235 e. The number of rotatable bonds is 9. The topological polar surface area (TPSA) is 71.5 Å². The van der Waals surface area contributed by atoms with Gasteiger partial charge < -0.3 is 0 Å². The molecule has 0 N–H and O–H groups in total. The third kappa shape index (κ3) is 6.21. The van der Waals surface area contributed by atoms with Gasteiger partial charge in [0.2, 0.25) is 10.0 Å². The number of hydrogen-bond donors (Lipinski definition) is 0. The molecular weight excluding hydrogens is 382 g/mol. The van der Waals surface area contributed by atoms with Crippen LogP contribution in [0.3, 0.4) is 0 Å². The van der Waals surface area contributed by atoms with Crippen molar-refractivity contribution in [1.82, 2.24) is 0 Å². The molecule has 0 unspecified atom stereocenters. The first-order valence-corrected chi connectivity index (χ1v) is 13.1. The molecule has 0 bridgehead atoms. The maximum Gasteiger partial charge on any atom is 0.235 e. The number of anilines is 1. The Bertz CT molecular complexity index is 807. The lowest BCUT2D eigenvalue weighted by molar-refractivity contribution is 0.552. The van der Waals surface area contributed by atoms with Crippen LogP contribution in [-0.2, 0) is 26.3 Å². The Morgan fingerprint density at radius 2 is 1.56 bits per heavy atom. The minimum Gasteiger partial charge on any atom is -0.270 e. The fraction of sp³-hybridized carbons (Fsp3) is 0.700. The first-order chi connectivity index (χ1) is 12.5. The predicted octanol–water partition coefficient (Wildman–Crippen LogP) is 3.93. The Morgan fingerprint density at radius 3 is 2.11 bits per heavy atom. The fourth-order valence-electron chi connectivity index (χ4n) is 3.22. The van der Waals surface area contributed by atoms with Gasteiger partial charge >= 0.3 is 0 Å². The average Bonchev–Trinajstić information content (AvgIpc) is 2.92. The minimum absolute atomic E-state index is 0.242. The van der Waals surface area contributed by atoms with Crippen LogP contribution in [0.2, 0.25) is 0 Å². The first-order valence-electron chi connectivity index (χ1n) is 9.85. The van der Waals surface area contributed by atoms with Crippen LogP contribution in [0.15, 0.2) is 24.3 Å². The molecule has 1 saturated heterocycles. The van der Waals surface area contributed by atoms with Crippen molar-refractivity contribution in [1.29, 1.82) is 0 Å². The van der Waals surface area contributed by atoms with E-state index in [1.807, 2.05) is 24.3 Å². The van der Waals surface area contributed by atoms with Crippen LogP contribution in [0, 0.1) is 0 Å². The number of aryl methyl sites for hydroxylation is 1. The molecule has 27 heavy (non-hydrogen) atoms. The zero-order chi connectivity index (χ0) is 20.1. The van der Waals surface area contributed by atoms with Crippen LogP contribution in [0.5, 0.6) is 0 Å². The van der Waals surface area contributed by atoms with Gasteiger partial charge in [-0.3, -0.25) is 4.31 Å². The Kier molecular flexibility index (Phi) is 7.36. The molecule has 5 nitrogen and oxygen atoms in total. The molecule has 1 aliphatic rings. The first kappa shape index (κ1) is 22.2. The van der Waals surface area contributed by atoms with Crippen LogP contribution in [0.1, 0.15) is 64.9 Å². The van der Waals surface area contributed by atoms with E-state index in [9.17, 15) is 16.8 Å². The molecule has 0 saturated carbocycles. The van der Waals surface area contributed by atoms with Crippen molar-refractivity contribution < 1.29 is 16.8 Å². The number of sulfonamides is 1. The zero-order valence-electron chi connectivity index (χ0n) is 16.8. The molecule has 1 aromatic carbocycles. The maximum atomic E-state index is 12.0. The number of hydrogen-bond acceptors (Lipinski definition) is 4. The van der Waals surface area contributed by atoms with Gasteiger partial charge in [-0.25, -0.2) is 16.8 Å². The molecule has 0 aromatic heterocycles. The van der Waals surface area contributed by atoms with E-state index >= 15 is 0 Å². The number of benzene rings is 1. The van der Waals surface area contributed by atoms with Crippen LogP contribution in [-0.4, -0.2) is 39.6 Å². The Morgan fingerprint density at radius 1 is 0.963 bits per heavy atom. The third-order valence-electron chi connectivity index (χ3n) is 5.14. The zero-order valence-corrected chi connectivity index (χ0v) is 18.4. The van der Waals surface area contributed by atoms with Gasteiger partial charge in [0.15, 0.2) is 9.84 Å². The van der Waals surface area contributed by atoms with E-state index in [1.54, 1.807) is 20.8 Å². The molecule has 1 aliphatic heterocycles. The van der Waals surface area contributed by atoms with Crippen molar-refractivity contribution in [3.63, 3.8) is 0 Å². The van der Waals surface area contributed by atoms with Crippen molar-refractivity contribution in [3.05, 3.63) is 29.8 Å². The van der Waals surface area contributed by atoms with Crippen molar-refractivity contribution in [2.75, 3.05) is 22.4 Å². The highest BCUT2D eigenvalue weighted by atomic mass is 32.2. The van der Waals surface area contributed by atoms with Gasteiger partial charge in [0, 0.05) is 6.54 Å². The van der Waals surface area contributed by atoms with Crippen molar-refractivity contribution >= 4 is 25.5 Å². The summed E-state index contributed by atoms with van der Waals surface area (Å²) in [5.41, 5.74) is 1.97. The summed E-state index contributed by atoms with van der Waals surface area (Å²) in [4.78, 5) is 0. The molecule has 0 amide bonds. The molecular formula is C20H33NO4S2. The van der Waals surface area contributed by atoms with E-state index < -0.39 is 24.6 Å². The Balaban J connectivity index is 1.67. The van der Waals surface area contributed by atoms with E-state index in [1.165, 1.54) is 9.87 Å². The van der Waals surface area contributed by atoms with Gasteiger partial charge in [-0.1, -0.05) is 31.4 Å². The summed E-state index contributed by atoms with van der Waals surface area (Å²) in [6.07, 6.45) is 6.53. The molecule has 2 rings (SSSR count). The van der Waals surface area contributed by atoms with Gasteiger partial charge in [-0.2, -0.15) is 0 Å². The highest BCUT2D eigenvalue weighted by Gasteiger charge is 2.28. The highest BCUT2D eigenvalue weighted by molar-refractivity contribution is 7.93. The molecule has 0 atom stereocenters. The van der Waals surface area contributed by atoms with Gasteiger partial charge in [0.05, 0.1) is 21.9 Å². The monoisotopic (exact) mass is 415 g/mol. The molecule has 1 heterocycles. The summed E-state index contributed by atoms with van der Waals surface area (Å²) in [6.45, 7) is 5.85. The second kappa shape index (κ2) is 8.95. The largest absolute Gasteiger partial charge is 0.270 e. The van der Waals surface area contributed by atoms with Crippen molar-refractivity contribution in [2.24, 2.45) is 0 Å². The lowest BCUT2D eigenvalue weighted by atomic mass is 10.1. The van der Waals surface area contributed by atoms with Gasteiger partial charge in [-0.05, 0) is 64.2 Å². The summed E-state index contributed by atoms with van der Waals surface area (Å²) >= 11 is 0. The van der Waals surface area contributed by atoms with E-state index in [0.29, 0.717) is 13.0 Å². The quantitative estimate of drug-likeness (QED) is 0.573. The van der Waals surface area contributed by atoms with E-state index in [0.717, 1.165) is 44.2 Å². The van der Waals surface area contributed by atoms with Crippen LogP contribution < -0.4 is 4.31 Å². The standard InChI is InChI=1S/C20H33NO4S2/c1-20(2,3)26(22,23)16-8-6-4-5-7-10-18-11-13-19(14-12-18)21-15-9-17-27(21,24)25/h11-14H,4-10,15-17H2,1-3H3. The molecule has 154 valence electrons. The molecule has 1 aromatic rings. The van der Waals surface area contributed by atoms with E-state index in [2.05, 4.69) is 0 Å². The predicted molar refractivity (Wildman–Crippen MR) is 113 cm³/mol. The molecule has 0 aliphatic carbocycles. The van der Waals surface area contributed by atoms with Crippen molar-refractivity contribution in [2.45, 2.75) is 70.5 Å². The van der Waals surface area contributed by atoms with Crippen molar-refractivity contribution in [3.8, 4) is 0 Å². The molecule has 1 fully saturated rings. The second-order valence-electron chi connectivity index (χ2n) is 8.36. The minimum atomic E-state index is -3.11. The number of unbranched alkanes of at least 4 members (excludes halogenated alkanes) is 4. The molecule has 0 radical (unpaired) electrons. The summed E-state index contributed by atoms with van der Waals surface area (Å²) in [7, 11) is -6.11. The van der Waals surface area contributed by atoms with Crippen LogP contribution >= 0.6 is 0 Å². The Labute approximate surface area is 165 Å². The summed E-state index contributed by atoms with van der Waals surface area (Å²) in [6, 6.07) is 7.82. The summed E-state index contributed by atoms with van der Waals surface area (Å²) in [5, 5.41) is 0. The second-order valence-corrected chi connectivity index (χ2v) is 13.2. The lowest BCUT2D eigenvalue weighted by Gasteiger charge is -2.18. The summed E-state index contributed by atoms with van der Waals surface area (Å²) in [5.74, 6) is 0.517. The SMILES string of the molecule is CC(C)(C)S(=O)(=O)CCCCCCCc1ccc(N2CCCS2(=O)=O)cc1. The molecule has 0 spiro atoms. The molecule has 7 heteroatoms. The fourth-order valence-corrected chi connectivity index (χ4v) is 5.98. The Hall–Kier alpha value is -1.08. The van der Waals surface area contributed by atoms with Gasteiger partial charge in [-0.15, -0.1) is 0 Å². The number of nitrogens with zero attached hydrogens (tertiary/aromatic N) is 1. The van der Waals surface area contributed by atoms with Gasteiger partial charge in [0.1, 0.15) is 0 Å². The average molecular weight is 416 g/mol. The third-order valence-corrected chi connectivity index (χ3v) is 9.70. The lowest BCUT2D eigenvalue weighted by Crippen LogP contribution is -2.30. The van der Waals surface area contributed by atoms with Crippen LogP contribution in [0.4, 0.5) is 5.69 Å². The number of sulfone groups is 1. The van der Waals surface area contributed by atoms with E-state index in [-0.39, 0.29) is 11.5 Å². The highest BCUT2D eigenvalue weighted by Crippen LogP contribution is 2.24.